The number of allylic oxidation sites excluding steroid dienone is 5. The van der Waals surface area contributed by atoms with Crippen molar-refractivity contribution in [2.75, 3.05) is 11.9 Å². The lowest BCUT2D eigenvalue weighted by Gasteiger charge is -2.22. The van der Waals surface area contributed by atoms with Gasteiger partial charge in [0, 0.05) is 35.0 Å². The molecule has 2 heterocycles. The Hall–Kier alpha value is -3.08. The zero-order chi connectivity index (χ0) is 19.5. The van der Waals surface area contributed by atoms with Crippen LogP contribution >= 0.6 is 0 Å². The number of benzene rings is 1. The van der Waals surface area contributed by atoms with Gasteiger partial charge in [0.15, 0.2) is 0 Å². The van der Waals surface area contributed by atoms with Crippen LogP contribution in [0.25, 0.3) is 6.08 Å². The molecule has 1 amide bonds. The van der Waals surface area contributed by atoms with E-state index < -0.39 is 0 Å². The Kier molecular flexibility index (Phi) is 5.15. The van der Waals surface area contributed by atoms with E-state index in [2.05, 4.69) is 16.7 Å². The summed E-state index contributed by atoms with van der Waals surface area (Å²) in [4.78, 5) is 24.2. The normalized spacial score (nSPS) is 22.5. The molecule has 1 atom stereocenters. The summed E-state index contributed by atoms with van der Waals surface area (Å²) in [5.74, 6) is -0.151. The number of rotatable bonds is 5. The van der Waals surface area contributed by atoms with E-state index in [4.69, 9.17) is 4.74 Å². The van der Waals surface area contributed by atoms with Gasteiger partial charge in [-0.25, -0.2) is 0 Å². The molecule has 1 fully saturated rings. The van der Waals surface area contributed by atoms with E-state index in [0.717, 1.165) is 47.5 Å². The van der Waals surface area contributed by atoms with E-state index in [0.29, 0.717) is 13.0 Å². The molecule has 1 aromatic rings. The fourth-order valence-electron chi connectivity index (χ4n) is 3.97. The molecule has 5 nitrogen and oxygen atoms in total. The first-order valence-electron chi connectivity index (χ1n) is 9.80. The molecule has 1 aliphatic carbocycles. The first-order chi connectivity index (χ1) is 13.7. The van der Waals surface area contributed by atoms with Crippen molar-refractivity contribution in [3.63, 3.8) is 0 Å². The van der Waals surface area contributed by atoms with Crippen LogP contribution < -0.4 is 10.6 Å². The smallest absolute Gasteiger partial charge is 0.305 e. The van der Waals surface area contributed by atoms with E-state index in [-0.39, 0.29) is 17.8 Å². The molecule has 0 radical (unpaired) electrons. The van der Waals surface area contributed by atoms with E-state index >= 15 is 0 Å². The highest BCUT2D eigenvalue weighted by Gasteiger charge is 2.37. The van der Waals surface area contributed by atoms with E-state index in [1.165, 1.54) is 5.57 Å². The van der Waals surface area contributed by atoms with Crippen molar-refractivity contribution in [1.29, 1.82) is 0 Å². The molecule has 1 aromatic carbocycles. The number of carbonyl (C=O) groups excluding carboxylic acids is 2. The van der Waals surface area contributed by atoms with Crippen molar-refractivity contribution >= 4 is 23.6 Å². The van der Waals surface area contributed by atoms with Crippen molar-refractivity contribution in [1.82, 2.24) is 5.32 Å². The zero-order valence-corrected chi connectivity index (χ0v) is 16.0. The molecule has 0 saturated carbocycles. The van der Waals surface area contributed by atoms with Crippen molar-refractivity contribution in [3.8, 4) is 0 Å². The van der Waals surface area contributed by atoms with Crippen LogP contribution in [-0.4, -0.2) is 18.5 Å². The highest BCUT2D eigenvalue weighted by Crippen LogP contribution is 2.39. The molecule has 4 rings (SSSR count). The third kappa shape index (κ3) is 3.65. The molecule has 2 N–H and O–H groups in total. The van der Waals surface area contributed by atoms with Gasteiger partial charge < -0.3 is 15.4 Å². The van der Waals surface area contributed by atoms with E-state index in [1.54, 1.807) is 0 Å². The van der Waals surface area contributed by atoms with Gasteiger partial charge in [0.05, 0.1) is 6.61 Å². The molecule has 5 heteroatoms. The van der Waals surface area contributed by atoms with Gasteiger partial charge in [-0.15, -0.1) is 0 Å². The number of ether oxygens (including phenoxy) is 1. The third-order valence-corrected chi connectivity index (χ3v) is 5.33. The second-order valence-electron chi connectivity index (χ2n) is 7.19. The first-order valence-corrected chi connectivity index (χ1v) is 9.80. The average Bonchev–Trinajstić information content (AvgIpc) is 3.03. The number of amides is 1. The van der Waals surface area contributed by atoms with Crippen LogP contribution in [0.1, 0.15) is 38.2 Å². The fraction of sp³-hybridized carbons (Fsp3) is 0.304. The Balaban J connectivity index is 1.49. The van der Waals surface area contributed by atoms with Crippen LogP contribution in [0.4, 0.5) is 5.69 Å². The minimum atomic E-state index is -0.147. The fourth-order valence-corrected chi connectivity index (χ4v) is 3.97. The van der Waals surface area contributed by atoms with Gasteiger partial charge >= 0.3 is 5.97 Å². The van der Waals surface area contributed by atoms with Gasteiger partial charge in [0.2, 0.25) is 0 Å². The van der Waals surface area contributed by atoms with Gasteiger partial charge in [-0.2, -0.15) is 0 Å². The minimum absolute atomic E-state index is 0.0347. The Bertz CT molecular complexity index is 937. The number of anilines is 1. The van der Waals surface area contributed by atoms with Crippen LogP contribution in [-0.2, 0) is 14.3 Å². The predicted molar refractivity (Wildman–Crippen MR) is 109 cm³/mol. The van der Waals surface area contributed by atoms with Gasteiger partial charge in [0.25, 0.3) is 5.91 Å². The Morgan fingerprint density at radius 3 is 2.89 bits per heavy atom. The van der Waals surface area contributed by atoms with Crippen LogP contribution in [0.2, 0.25) is 0 Å². The number of para-hydroxylation sites is 1. The van der Waals surface area contributed by atoms with Crippen LogP contribution in [0.5, 0.6) is 0 Å². The Morgan fingerprint density at radius 2 is 2.04 bits per heavy atom. The molecule has 1 unspecified atom stereocenters. The molecular formula is C23H24N2O3. The largest absolute Gasteiger partial charge is 0.466 e. The standard InChI is InChI=1S/C23H24N2O3/c1-2-28-21(26)9-5-6-15-10-12-19-17(14-15)22(23(27)25-19)20-13-11-16-7-3-4-8-18(16)24-20/h3-4,7-8,10-13,17,24H,2,5-6,9,14H2,1H3,(H,25,27). The molecule has 2 aliphatic heterocycles. The van der Waals surface area contributed by atoms with Crippen LogP contribution in [0.3, 0.4) is 0 Å². The lowest BCUT2D eigenvalue weighted by atomic mass is 9.85. The van der Waals surface area contributed by atoms with E-state index in [1.807, 2.05) is 49.4 Å². The summed E-state index contributed by atoms with van der Waals surface area (Å²) in [5.41, 5.74) is 5.98. The summed E-state index contributed by atoms with van der Waals surface area (Å²) in [5, 5.41) is 6.42. The maximum absolute atomic E-state index is 12.7. The van der Waals surface area contributed by atoms with Crippen LogP contribution in [0, 0.1) is 5.92 Å². The van der Waals surface area contributed by atoms with Crippen LogP contribution in [0.15, 0.2) is 65.0 Å². The van der Waals surface area contributed by atoms with Gasteiger partial charge in [-0.1, -0.05) is 35.9 Å². The third-order valence-electron chi connectivity index (χ3n) is 5.33. The summed E-state index contributed by atoms with van der Waals surface area (Å²) in [7, 11) is 0. The number of carbonyl (C=O) groups is 2. The van der Waals surface area contributed by atoms with Crippen molar-refractivity contribution in [3.05, 3.63) is 70.6 Å². The second-order valence-corrected chi connectivity index (χ2v) is 7.19. The van der Waals surface area contributed by atoms with Gasteiger partial charge in [0.1, 0.15) is 0 Å². The second kappa shape index (κ2) is 7.89. The van der Waals surface area contributed by atoms with Crippen molar-refractivity contribution < 1.29 is 14.3 Å². The number of hydrogen-bond acceptors (Lipinski definition) is 4. The van der Waals surface area contributed by atoms with Gasteiger partial charge in [-0.3, -0.25) is 9.59 Å². The zero-order valence-electron chi connectivity index (χ0n) is 16.0. The molecule has 3 aliphatic rings. The highest BCUT2D eigenvalue weighted by molar-refractivity contribution is 6.01. The predicted octanol–water partition coefficient (Wildman–Crippen LogP) is 4.07. The Labute approximate surface area is 164 Å². The topological polar surface area (TPSA) is 67.4 Å². The Morgan fingerprint density at radius 1 is 1.18 bits per heavy atom. The monoisotopic (exact) mass is 376 g/mol. The molecule has 0 bridgehead atoms. The molecule has 28 heavy (non-hydrogen) atoms. The molecular weight excluding hydrogens is 352 g/mol. The summed E-state index contributed by atoms with van der Waals surface area (Å²) in [6.45, 7) is 2.24. The lowest BCUT2D eigenvalue weighted by Crippen LogP contribution is -2.16. The van der Waals surface area contributed by atoms with Gasteiger partial charge in [-0.05, 0) is 50.0 Å². The number of hydrogen-bond donors (Lipinski definition) is 2. The number of esters is 1. The summed E-state index contributed by atoms with van der Waals surface area (Å²) in [6.07, 6.45) is 10.9. The summed E-state index contributed by atoms with van der Waals surface area (Å²) < 4.78 is 4.99. The SMILES string of the molecule is CCOC(=O)CCCC1=CC=C2NC(=O)C(=C3C=Cc4ccccc4N3)C2C1. The molecule has 0 spiro atoms. The quantitative estimate of drug-likeness (QED) is 0.600. The molecule has 1 saturated heterocycles. The highest BCUT2D eigenvalue weighted by atomic mass is 16.5. The number of fused-ring (bicyclic) bond motifs is 2. The maximum atomic E-state index is 12.7. The minimum Gasteiger partial charge on any atom is -0.466 e. The lowest BCUT2D eigenvalue weighted by molar-refractivity contribution is -0.143. The summed E-state index contributed by atoms with van der Waals surface area (Å²) in [6, 6.07) is 8.05. The molecule has 144 valence electrons. The number of nitrogens with one attached hydrogen (secondary N) is 2. The first kappa shape index (κ1) is 18.3. The van der Waals surface area contributed by atoms with Crippen molar-refractivity contribution in [2.24, 2.45) is 5.92 Å². The van der Waals surface area contributed by atoms with E-state index in [9.17, 15) is 9.59 Å². The molecule has 0 aromatic heterocycles. The summed E-state index contributed by atoms with van der Waals surface area (Å²) >= 11 is 0. The average molecular weight is 376 g/mol. The maximum Gasteiger partial charge on any atom is 0.305 e. The van der Waals surface area contributed by atoms with Crippen molar-refractivity contribution in [2.45, 2.75) is 32.6 Å².